The fraction of sp³-hybridized carbons (Fsp3) is 0.500. The monoisotopic (exact) mass is 595 g/mol. The molecule has 0 spiro atoms. The largest absolute Gasteiger partial charge is 0.415 e. The second-order valence-electron chi connectivity index (χ2n) is 8.72. The summed E-state index contributed by atoms with van der Waals surface area (Å²) in [5.41, 5.74) is 5.14. The molecule has 1 aromatic heterocycles. The number of carbonyl (C=O) groups excluding carboxylic acids is 4. The summed E-state index contributed by atoms with van der Waals surface area (Å²) in [5, 5.41) is 7.76. The zero-order valence-corrected chi connectivity index (χ0v) is 23.9. The van der Waals surface area contributed by atoms with Crippen LogP contribution in [0.3, 0.4) is 0 Å². The average molecular weight is 596 g/mol. The number of carbonyl (C=O) groups is 4. The molecule has 2 amide bonds. The first-order valence-electron chi connectivity index (χ1n) is 12.3. The van der Waals surface area contributed by atoms with Gasteiger partial charge in [-0.05, 0) is 31.6 Å². The van der Waals surface area contributed by atoms with Gasteiger partial charge in [0.15, 0.2) is 10.8 Å². The van der Waals surface area contributed by atoms with Gasteiger partial charge in [0.2, 0.25) is 0 Å². The molecule has 1 aliphatic carbocycles. The number of oxime groups is 1. The normalized spacial score (nSPS) is 22.1. The van der Waals surface area contributed by atoms with Crippen LogP contribution in [0.25, 0.3) is 0 Å². The summed E-state index contributed by atoms with van der Waals surface area (Å²) in [6.07, 6.45) is 6.56. The molecule has 0 radical (unpaired) electrons. The van der Waals surface area contributed by atoms with Crippen molar-refractivity contribution in [2.24, 2.45) is 11.1 Å². The zero-order valence-electron chi connectivity index (χ0n) is 21.4. The number of esters is 2. The predicted molar refractivity (Wildman–Crippen MR) is 148 cm³/mol. The van der Waals surface area contributed by atoms with E-state index in [1.807, 2.05) is 0 Å². The van der Waals surface area contributed by atoms with Crippen molar-refractivity contribution in [3.63, 3.8) is 0 Å². The summed E-state index contributed by atoms with van der Waals surface area (Å²) in [7, 11) is 0. The SMILES string of the molecule is C=CC1=C(C(=O)OC(OC(=O)C2CCCC2)SC)N2C(=O)C(NC(=O)C(=NOCC)c3csc(N)n3)[C@H]2SC1. The van der Waals surface area contributed by atoms with Crippen molar-refractivity contribution in [1.29, 1.82) is 0 Å². The fourth-order valence-corrected chi connectivity index (χ4v) is 6.61. The number of amides is 2. The van der Waals surface area contributed by atoms with Crippen molar-refractivity contribution in [3.8, 4) is 0 Å². The second-order valence-corrected chi connectivity index (χ2v) is 11.6. The first-order chi connectivity index (χ1) is 18.8. The topological polar surface area (TPSA) is 163 Å². The Morgan fingerprint density at radius 3 is 2.72 bits per heavy atom. The van der Waals surface area contributed by atoms with Crippen molar-refractivity contribution >= 4 is 69.5 Å². The van der Waals surface area contributed by atoms with E-state index in [4.69, 9.17) is 20.0 Å². The predicted octanol–water partition coefficient (Wildman–Crippen LogP) is 2.23. The lowest BCUT2D eigenvalue weighted by molar-refractivity contribution is -0.175. The van der Waals surface area contributed by atoms with Crippen LogP contribution in [-0.2, 0) is 33.5 Å². The van der Waals surface area contributed by atoms with Crippen LogP contribution in [-0.4, -0.2) is 75.0 Å². The van der Waals surface area contributed by atoms with E-state index >= 15 is 0 Å². The number of aromatic nitrogens is 1. The van der Waals surface area contributed by atoms with Crippen LogP contribution in [0.5, 0.6) is 0 Å². The fourth-order valence-electron chi connectivity index (χ4n) is 4.34. The molecular formula is C24H29N5O7S3. The Balaban J connectivity index is 1.46. The highest BCUT2D eigenvalue weighted by Gasteiger charge is 2.54. The van der Waals surface area contributed by atoms with E-state index in [1.165, 1.54) is 22.7 Å². The maximum Gasteiger partial charge on any atom is 0.359 e. The first-order valence-corrected chi connectivity index (χ1v) is 15.5. The third-order valence-corrected chi connectivity index (χ3v) is 8.84. The minimum absolute atomic E-state index is 0.00990. The number of ether oxygens (including phenoxy) is 2. The number of hydrogen-bond acceptors (Lipinski definition) is 13. The summed E-state index contributed by atoms with van der Waals surface area (Å²) >= 11 is 3.55. The Hall–Kier alpha value is -3.04. The van der Waals surface area contributed by atoms with Gasteiger partial charge in [-0.25, -0.2) is 9.78 Å². The quantitative estimate of drug-likeness (QED) is 0.127. The van der Waals surface area contributed by atoms with E-state index in [9.17, 15) is 19.2 Å². The number of rotatable bonds is 11. The number of allylic oxidation sites excluding steroid dienone is 1. The molecular weight excluding hydrogens is 566 g/mol. The molecule has 1 saturated carbocycles. The smallest absolute Gasteiger partial charge is 0.359 e. The van der Waals surface area contributed by atoms with Gasteiger partial charge >= 0.3 is 11.9 Å². The third-order valence-electron chi connectivity index (χ3n) is 6.29. The molecule has 2 fully saturated rings. The first kappa shape index (κ1) is 29.0. The number of nitrogens with zero attached hydrogens (tertiary/aromatic N) is 3. The Bertz CT molecular complexity index is 1210. The minimum Gasteiger partial charge on any atom is -0.415 e. The third kappa shape index (κ3) is 6.25. The van der Waals surface area contributed by atoms with E-state index in [2.05, 4.69) is 22.0 Å². The molecule has 12 nitrogen and oxygen atoms in total. The molecule has 0 bridgehead atoms. The van der Waals surface area contributed by atoms with Gasteiger partial charge in [0, 0.05) is 11.1 Å². The number of thiazole rings is 1. The van der Waals surface area contributed by atoms with Gasteiger partial charge in [-0.1, -0.05) is 42.4 Å². The van der Waals surface area contributed by atoms with Crippen molar-refractivity contribution in [2.75, 3.05) is 24.3 Å². The highest BCUT2D eigenvalue weighted by molar-refractivity contribution is 8.00. The summed E-state index contributed by atoms with van der Waals surface area (Å²) in [6.45, 7) is 5.69. The average Bonchev–Trinajstić information content (AvgIpc) is 3.63. The van der Waals surface area contributed by atoms with Crippen molar-refractivity contribution in [2.45, 2.75) is 49.6 Å². The molecule has 15 heteroatoms. The van der Waals surface area contributed by atoms with Gasteiger partial charge in [-0.2, -0.15) is 0 Å². The zero-order chi connectivity index (χ0) is 28.1. The number of nitrogens with one attached hydrogen (secondary N) is 1. The molecule has 0 aromatic carbocycles. The number of hydrogen-bond donors (Lipinski definition) is 2. The molecule has 4 rings (SSSR count). The standard InChI is InChI=1S/C24H29N5O7S3/c1-4-12-10-38-20-16(27-18(30)15(28-34-5-2)14-11-39-23(25)26-14)19(31)29(20)17(12)22(33)36-24(37-3)35-21(32)13-8-6-7-9-13/h4,11,13,16,20,24H,1,5-10H2,2-3H3,(H2,25,26)(H,27,30)/t16?,20-,24?/m1/s1. The lowest BCUT2D eigenvalue weighted by Crippen LogP contribution is -2.71. The second kappa shape index (κ2) is 12.9. The maximum atomic E-state index is 13.2. The van der Waals surface area contributed by atoms with Crippen LogP contribution in [0.15, 0.2) is 34.5 Å². The van der Waals surface area contributed by atoms with Crippen LogP contribution < -0.4 is 11.1 Å². The van der Waals surface area contributed by atoms with Gasteiger partial charge in [-0.15, -0.1) is 23.1 Å². The molecule has 1 aromatic rings. The summed E-state index contributed by atoms with van der Waals surface area (Å²) in [4.78, 5) is 62.4. The van der Waals surface area contributed by atoms with Gasteiger partial charge in [-0.3, -0.25) is 19.3 Å². The van der Waals surface area contributed by atoms with E-state index in [1.54, 1.807) is 18.6 Å². The maximum absolute atomic E-state index is 13.2. The van der Waals surface area contributed by atoms with E-state index < -0.39 is 40.8 Å². The number of β-lactam (4-membered cyclic amide) rings is 1. The number of fused-ring (bicyclic) bond motifs is 1. The van der Waals surface area contributed by atoms with Gasteiger partial charge in [0.05, 0.1) is 5.92 Å². The van der Waals surface area contributed by atoms with Gasteiger partial charge in [0.1, 0.15) is 29.4 Å². The Labute approximate surface area is 237 Å². The lowest BCUT2D eigenvalue weighted by Gasteiger charge is -2.49. The summed E-state index contributed by atoms with van der Waals surface area (Å²) in [6, 6.07) is -0.934. The van der Waals surface area contributed by atoms with E-state index in [0.29, 0.717) is 11.3 Å². The van der Waals surface area contributed by atoms with Gasteiger partial charge < -0.3 is 25.4 Å². The molecule has 39 heavy (non-hydrogen) atoms. The van der Waals surface area contributed by atoms with Crippen molar-refractivity contribution < 1.29 is 33.5 Å². The minimum atomic E-state index is -1.16. The van der Waals surface area contributed by atoms with Crippen LogP contribution in [0.4, 0.5) is 5.13 Å². The molecule has 210 valence electrons. The van der Waals surface area contributed by atoms with Crippen LogP contribution in [0.1, 0.15) is 38.3 Å². The summed E-state index contributed by atoms with van der Waals surface area (Å²) in [5.74, 6) is -2.24. The molecule has 2 aliphatic heterocycles. The molecule has 3 atom stereocenters. The highest BCUT2D eigenvalue weighted by Crippen LogP contribution is 2.41. The van der Waals surface area contributed by atoms with Crippen LogP contribution in [0, 0.1) is 5.92 Å². The van der Waals surface area contributed by atoms with Crippen molar-refractivity contribution in [3.05, 3.63) is 35.0 Å². The van der Waals surface area contributed by atoms with Crippen LogP contribution in [0.2, 0.25) is 0 Å². The van der Waals surface area contributed by atoms with Crippen molar-refractivity contribution in [1.82, 2.24) is 15.2 Å². The Morgan fingerprint density at radius 2 is 2.10 bits per heavy atom. The van der Waals surface area contributed by atoms with Crippen LogP contribution >= 0.6 is 34.9 Å². The number of thioether (sulfide) groups is 2. The molecule has 3 N–H and O–H groups in total. The highest BCUT2D eigenvalue weighted by atomic mass is 32.2. The molecule has 3 heterocycles. The lowest BCUT2D eigenvalue weighted by atomic mass is 10.0. The number of nitrogen functional groups attached to an aromatic ring is 1. The van der Waals surface area contributed by atoms with Gasteiger partial charge in [0.25, 0.3) is 17.4 Å². The van der Waals surface area contributed by atoms with E-state index in [0.717, 1.165) is 48.8 Å². The Kier molecular flexibility index (Phi) is 9.56. The number of anilines is 1. The Morgan fingerprint density at radius 1 is 1.36 bits per heavy atom. The van der Waals surface area contributed by atoms with E-state index in [-0.39, 0.29) is 34.8 Å². The molecule has 1 saturated heterocycles. The number of nitrogens with two attached hydrogens (primary N) is 1. The molecule has 3 aliphatic rings. The summed E-state index contributed by atoms with van der Waals surface area (Å²) < 4.78 is 10.9. The molecule has 2 unspecified atom stereocenters.